The van der Waals surface area contributed by atoms with Crippen molar-refractivity contribution in [2.24, 2.45) is 0 Å². The van der Waals surface area contributed by atoms with Crippen molar-refractivity contribution in [2.75, 3.05) is 11.5 Å². The summed E-state index contributed by atoms with van der Waals surface area (Å²) in [6.07, 6.45) is 8.44. The van der Waals surface area contributed by atoms with Gasteiger partial charge in [-0.05, 0) is 42.3 Å². The minimum absolute atomic E-state index is 0.116. The Hall–Kier alpha value is -4.01. The molecule has 2 aromatic carbocycles. The number of amides is 4. The highest BCUT2D eigenvalue weighted by molar-refractivity contribution is 6.39. The number of ether oxygens (including phenoxy) is 1. The fraction of sp³-hybridized carbons (Fsp3) is 0.320. The fourth-order valence-corrected chi connectivity index (χ4v) is 3.51. The Morgan fingerprint density at radius 2 is 1.59 bits per heavy atom. The van der Waals surface area contributed by atoms with Crippen LogP contribution in [-0.2, 0) is 9.59 Å². The van der Waals surface area contributed by atoms with Crippen molar-refractivity contribution >= 4 is 35.3 Å². The van der Waals surface area contributed by atoms with E-state index in [1.54, 1.807) is 24.3 Å². The number of nitrogens with zero attached hydrogens (tertiary/aromatic N) is 2. The van der Waals surface area contributed by atoms with E-state index in [9.17, 15) is 24.5 Å². The Balaban J connectivity index is 1.65. The van der Waals surface area contributed by atoms with Crippen molar-refractivity contribution in [1.29, 1.82) is 0 Å². The summed E-state index contributed by atoms with van der Waals surface area (Å²) in [5.74, 6) is -0.930. The lowest BCUT2D eigenvalue weighted by Crippen LogP contribution is -2.54. The summed E-state index contributed by atoms with van der Waals surface area (Å²) in [5, 5.41) is 13.0. The molecule has 0 spiro atoms. The van der Waals surface area contributed by atoms with Crippen LogP contribution >= 0.6 is 0 Å². The minimum atomic E-state index is -0.917. The number of nitro benzene ring substituents is 1. The Labute approximate surface area is 197 Å². The molecule has 1 saturated heterocycles. The van der Waals surface area contributed by atoms with Crippen LogP contribution in [0.3, 0.4) is 0 Å². The first-order chi connectivity index (χ1) is 16.4. The van der Waals surface area contributed by atoms with Crippen molar-refractivity contribution in [3.63, 3.8) is 0 Å². The maximum absolute atomic E-state index is 12.9. The maximum Gasteiger partial charge on any atom is 0.335 e. The number of benzene rings is 2. The summed E-state index contributed by atoms with van der Waals surface area (Å²) in [7, 11) is 0. The van der Waals surface area contributed by atoms with Crippen LogP contribution in [-0.4, -0.2) is 29.4 Å². The number of barbiturate groups is 1. The third kappa shape index (κ3) is 6.28. The van der Waals surface area contributed by atoms with Gasteiger partial charge < -0.3 is 4.74 Å². The lowest BCUT2D eigenvalue weighted by atomic mass is 10.1. The highest BCUT2D eigenvalue weighted by Crippen LogP contribution is 2.24. The number of hydrogen-bond acceptors (Lipinski definition) is 6. The number of unbranched alkanes of at least 4 members (excludes halogenated alkanes) is 5. The molecule has 1 aliphatic rings. The summed E-state index contributed by atoms with van der Waals surface area (Å²) < 4.78 is 5.75. The molecule has 1 fully saturated rings. The number of rotatable bonds is 11. The number of non-ortho nitro benzene ring substituents is 1. The first kappa shape index (κ1) is 24.6. The lowest BCUT2D eigenvalue weighted by molar-refractivity contribution is -0.384. The minimum Gasteiger partial charge on any atom is -0.494 e. The zero-order valence-corrected chi connectivity index (χ0v) is 19.0. The third-order valence-corrected chi connectivity index (χ3v) is 5.38. The second-order valence-corrected chi connectivity index (χ2v) is 7.92. The highest BCUT2D eigenvalue weighted by Gasteiger charge is 2.36. The summed E-state index contributed by atoms with van der Waals surface area (Å²) in [4.78, 5) is 48.5. The summed E-state index contributed by atoms with van der Waals surface area (Å²) in [5.41, 5.74) is 0.298. The van der Waals surface area contributed by atoms with Gasteiger partial charge in [0.05, 0.1) is 17.2 Å². The Kier molecular flexibility index (Phi) is 8.50. The van der Waals surface area contributed by atoms with Crippen LogP contribution in [0.25, 0.3) is 6.08 Å². The van der Waals surface area contributed by atoms with Gasteiger partial charge in [-0.2, -0.15) is 0 Å². The van der Waals surface area contributed by atoms with E-state index in [4.69, 9.17) is 4.74 Å². The molecule has 178 valence electrons. The quantitative estimate of drug-likeness (QED) is 0.164. The van der Waals surface area contributed by atoms with Gasteiger partial charge in [-0.1, -0.05) is 51.2 Å². The number of imide groups is 2. The summed E-state index contributed by atoms with van der Waals surface area (Å²) in [6.45, 7) is 2.81. The predicted octanol–water partition coefficient (Wildman–Crippen LogP) is 5.00. The largest absolute Gasteiger partial charge is 0.494 e. The van der Waals surface area contributed by atoms with Crippen LogP contribution < -0.4 is 15.0 Å². The van der Waals surface area contributed by atoms with Crippen LogP contribution in [0, 0.1) is 10.1 Å². The van der Waals surface area contributed by atoms with Gasteiger partial charge in [0.2, 0.25) is 0 Å². The normalized spacial score (nSPS) is 14.9. The first-order valence-corrected chi connectivity index (χ1v) is 11.3. The molecule has 0 atom stereocenters. The standard InChI is InChI=1S/C25H27N3O6/c1-2-3-4-5-6-7-16-34-21-14-8-18(9-15-21)17-22-23(29)26-25(31)27(24(22)30)19-10-12-20(13-11-19)28(32)33/h8-15,17H,2-7,16H2,1H3,(H,26,29,31)/b22-17-. The van der Waals surface area contributed by atoms with E-state index in [2.05, 4.69) is 12.2 Å². The highest BCUT2D eigenvalue weighted by atomic mass is 16.6. The smallest absolute Gasteiger partial charge is 0.335 e. The summed E-state index contributed by atoms with van der Waals surface area (Å²) in [6, 6.07) is 11.0. The van der Waals surface area contributed by atoms with Gasteiger partial charge in [0, 0.05) is 12.1 Å². The number of hydrogen-bond donors (Lipinski definition) is 1. The fourth-order valence-electron chi connectivity index (χ4n) is 3.51. The average Bonchev–Trinajstić information content (AvgIpc) is 2.82. The first-order valence-electron chi connectivity index (χ1n) is 11.3. The predicted molar refractivity (Wildman–Crippen MR) is 127 cm³/mol. The molecule has 34 heavy (non-hydrogen) atoms. The third-order valence-electron chi connectivity index (χ3n) is 5.38. The molecule has 0 unspecified atom stereocenters. The second kappa shape index (κ2) is 11.7. The van der Waals surface area contributed by atoms with Gasteiger partial charge >= 0.3 is 6.03 Å². The van der Waals surface area contributed by atoms with E-state index in [1.807, 2.05) is 0 Å². The number of carbonyl (C=O) groups is 3. The van der Waals surface area contributed by atoms with E-state index in [0.29, 0.717) is 17.9 Å². The van der Waals surface area contributed by atoms with Gasteiger partial charge in [-0.15, -0.1) is 0 Å². The van der Waals surface area contributed by atoms with Gasteiger partial charge in [0.25, 0.3) is 17.5 Å². The molecule has 1 heterocycles. The van der Waals surface area contributed by atoms with Gasteiger partial charge in [-0.3, -0.25) is 25.0 Å². The number of nitro groups is 1. The van der Waals surface area contributed by atoms with Crippen molar-refractivity contribution in [3.05, 3.63) is 69.8 Å². The molecular formula is C25H27N3O6. The Morgan fingerprint density at radius 3 is 2.24 bits per heavy atom. The molecule has 0 aliphatic carbocycles. The number of anilines is 1. The van der Waals surface area contributed by atoms with E-state index in [0.717, 1.165) is 17.7 Å². The van der Waals surface area contributed by atoms with Crippen LogP contribution in [0.1, 0.15) is 51.0 Å². The molecule has 4 amide bonds. The molecule has 3 rings (SSSR count). The zero-order chi connectivity index (χ0) is 24.5. The van der Waals surface area contributed by atoms with Crippen LogP contribution in [0.15, 0.2) is 54.1 Å². The van der Waals surface area contributed by atoms with Gasteiger partial charge in [0.1, 0.15) is 11.3 Å². The zero-order valence-electron chi connectivity index (χ0n) is 19.0. The molecule has 0 aromatic heterocycles. The topological polar surface area (TPSA) is 119 Å². The van der Waals surface area contributed by atoms with Crippen molar-refractivity contribution in [1.82, 2.24) is 5.32 Å². The molecule has 0 radical (unpaired) electrons. The number of urea groups is 1. The van der Waals surface area contributed by atoms with E-state index in [-0.39, 0.29) is 16.9 Å². The molecule has 1 N–H and O–H groups in total. The molecule has 9 heteroatoms. The molecule has 9 nitrogen and oxygen atoms in total. The molecular weight excluding hydrogens is 438 g/mol. The van der Waals surface area contributed by atoms with Crippen molar-refractivity contribution < 1.29 is 24.0 Å². The second-order valence-electron chi connectivity index (χ2n) is 7.92. The molecule has 0 saturated carbocycles. The Morgan fingerprint density at radius 1 is 0.941 bits per heavy atom. The van der Waals surface area contributed by atoms with Gasteiger partial charge in [-0.25, -0.2) is 9.69 Å². The number of carbonyl (C=O) groups excluding carboxylic acids is 3. The maximum atomic E-state index is 12.9. The monoisotopic (exact) mass is 465 g/mol. The van der Waals surface area contributed by atoms with E-state index in [1.165, 1.54) is 56.0 Å². The van der Waals surface area contributed by atoms with Crippen LogP contribution in [0.4, 0.5) is 16.2 Å². The van der Waals surface area contributed by atoms with Crippen molar-refractivity contribution in [3.8, 4) is 5.75 Å². The average molecular weight is 466 g/mol. The SMILES string of the molecule is CCCCCCCCOc1ccc(/C=C2/C(=O)NC(=O)N(c3ccc([N+](=O)[O-])cc3)C2=O)cc1. The van der Waals surface area contributed by atoms with Crippen LogP contribution in [0.2, 0.25) is 0 Å². The molecule has 2 aromatic rings. The van der Waals surface area contributed by atoms with Gasteiger partial charge in [0.15, 0.2) is 0 Å². The summed E-state index contributed by atoms with van der Waals surface area (Å²) >= 11 is 0. The van der Waals surface area contributed by atoms with E-state index < -0.39 is 22.8 Å². The Bertz CT molecular complexity index is 1080. The molecule has 0 bridgehead atoms. The number of nitrogens with one attached hydrogen (secondary N) is 1. The van der Waals surface area contributed by atoms with E-state index >= 15 is 0 Å². The molecule has 1 aliphatic heterocycles. The van der Waals surface area contributed by atoms with Crippen LogP contribution in [0.5, 0.6) is 5.75 Å². The lowest BCUT2D eigenvalue weighted by Gasteiger charge is -2.26. The van der Waals surface area contributed by atoms with Crippen molar-refractivity contribution in [2.45, 2.75) is 45.4 Å².